The van der Waals surface area contributed by atoms with Gasteiger partial charge in [-0.2, -0.15) is 0 Å². The smallest absolute Gasteiger partial charge is 0.268 e. The van der Waals surface area contributed by atoms with Crippen molar-refractivity contribution in [2.75, 3.05) is 23.9 Å². The third-order valence-electron chi connectivity index (χ3n) is 4.42. The summed E-state index contributed by atoms with van der Waals surface area (Å²) in [7, 11) is 1.41. The topological polar surface area (TPSA) is 79.0 Å². The van der Waals surface area contributed by atoms with Crippen LogP contribution in [0.5, 0.6) is 0 Å². The number of likely N-dealkylation sites (N-methyl/N-ethyl adjacent to an activating group) is 1. The van der Waals surface area contributed by atoms with E-state index in [-0.39, 0.29) is 34.0 Å². The number of hydroxylamine groups is 2. The molecule has 3 amide bonds. The second kappa shape index (κ2) is 8.94. The molecule has 0 bridgehead atoms. The highest BCUT2D eigenvalue weighted by atomic mass is 35.5. The summed E-state index contributed by atoms with van der Waals surface area (Å²) in [4.78, 5) is 43.6. The minimum Gasteiger partial charge on any atom is -0.373 e. The first-order chi connectivity index (χ1) is 13.1. The lowest BCUT2D eigenvalue weighted by Gasteiger charge is -2.24. The number of amides is 3. The zero-order chi connectivity index (χ0) is 21.2. The summed E-state index contributed by atoms with van der Waals surface area (Å²) in [6.07, 6.45) is 0.0249. The molecule has 1 aromatic carbocycles. The van der Waals surface area contributed by atoms with E-state index in [2.05, 4.69) is 5.32 Å². The minimum atomic E-state index is -0.662. The average molecular weight is 428 g/mol. The number of imide groups is 1. The van der Waals surface area contributed by atoms with E-state index in [1.165, 1.54) is 24.3 Å². The first-order valence-corrected chi connectivity index (χ1v) is 9.52. The molecule has 7 nitrogen and oxygen atoms in total. The van der Waals surface area contributed by atoms with E-state index in [1.807, 2.05) is 0 Å². The highest BCUT2D eigenvalue weighted by Gasteiger charge is 2.37. The number of anilines is 2. The summed E-state index contributed by atoms with van der Waals surface area (Å²) in [5.74, 6) is -1.06. The Balaban J connectivity index is 2.38. The fourth-order valence-electron chi connectivity index (χ4n) is 2.89. The zero-order valence-electron chi connectivity index (χ0n) is 16.4. The standard InChI is InChI=1S/C19H23Cl2N3O4/c1-6-23(28-5)18(26)11(4)22-15-9-16(14(21)8-13(15)20)24-17(25)7-12(10(2)3)19(24)27/h8-9,11,22H,6-7H2,1-5H3. The Kier molecular flexibility index (Phi) is 7.09. The SMILES string of the molecule is CCN(OC)C(=O)C(C)Nc1cc(N2C(=O)CC(=C(C)C)C2=O)c(Cl)cc1Cl. The van der Waals surface area contributed by atoms with Gasteiger partial charge in [-0.25, -0.2) is 9.96 Å². The number of nitrogens with one attached hydrogen (secondary N) is 1. The maximum atomic E-state index is 12.7. The Bertz CT molecular complexity index is 846. The largest absolute Gasteiger partial charge is 0.373 e. The zero-order valence-corrected chi connectivity index (χ0v) is 17.9. The van der Waals surface area contributed by atoms with Crippen molar-refractivity contribution in [1.82, 2.24) is 5.06 Å². The van der Waals surface area contributed by atoms with Gasteiger partial charge in [-0.15, -0.1) is 0 Å². The third kappa shape index (κ3) is 4.32. The van der Waals surface area contributed by atoms with Crippen LogP contribution in [0.4, 0.5) is 11.4 Å². The number of rotatable bonds is 6. The number of hydrogen-bond donors (Lipinski definition) is 1. The molecule has 9 heteroatoms. The molecule has 1 aromatic rings. The van der Waals surface area contributed by atoms with Crippen LogP contribution < -0.4 is 10.2 Å². The number of carbonyl (C=O) groups is 3. The lowest BCUT2D eigenvalue weighted by atomic mass is 10.1. The summed E-state index contributed by atoms with van der Waals surface area (Å²) in [5.41, 5.74) is 1.83. The Morgan fingerprint density at radius 3 is 2.43 bits per heavy atom. The molecule has 0 aromatic heterocycles. The van der Waals surface area contributed by atoms with Gasteiger partial charge in [0.05, 0.1) is 35.0 Å². The van der Waals surface area contributed by atoms with Gasteiger partial charge >= 0.3 is 0 Å². The van der Waals surface area contributed by atoms with Crippen LogP contribution >= 0.6 is 23.2 Å². The Hall–Kier alpha value is -2.09. The summed E-state index contributed by atoms with van der Waals surface area (Å²) >= 11 is 12.5. The molecule has 1 unspecified atom stereocenters. The molecule has 28 heavy (non-hydrogen) atoms. The lowest BCUT2D eigenvalue weighted by molar-refractivity contribution is -0.175. The summed E-state index contributed by atoms with van der Waals surface area (Å²) < 4.78 is 0. The van der Waals surface area contributed by atoms with Crippen LogP contribution in [-0.4, -0.2) is 42.5 Å². The number of carbonyl (C=O) groups excluding carboxylic acids is 3. The molecule has 1 atom stereocenters. The van der Waals surface area contributed by atoms with Crippen LogP contribution in [0, 0.1) is 0 Å². The molecular weight excluding hydrogens is 405 g/mol. The summed E-state index contributed by atoms with van der Waals surface area (Å²) in [6.45, 7) is 7.38. The molecule has 1 saturated heterocycles. The van der Waals surface area contributed by atoms with Crippen LogP contribution in [0.3, 0.4) is 0 Å². The van der Waals surface area contributed by atoms with Gasteiger partial charge < -0.3 is 5.32 Å². The van der Waals surface area contributed by atoms with Gasteiger partial charge in [0.2, 0.25) is 5.91 Å². The van der Waals surface area contributed by atoms with Crippen LogP contribution in [0.25, 0.3) is 0 Å². The van der Waals surface area contributed by atoms with E-state index in [9.17, 15) is 14.4 Å². The number of nitrogens with zero attached hydrogens (tertiary/aromatic N) is 2. The van der Waals surface area contributed by atoms with Crippen LogP contribution in [0.2, 0.25) is 10.0 Å². The van der Waals surface area contributed by atoms with E-state index >= 15 is 0 Å². The van der Waals surface area contributed by atoms with Crippen molar-refractivity contribution >= 4 is 52.3 Å². The van der Waals surface area contributed by atoms with E-state index in [0.29, 0.717) is 17.8 Å². The molecule has 1 N–H and O–H groups in total. The maximum Gasteiger partial charge on any atom is 0.268 e. The molecule has 1 fully saturated rings. The van der Waals surface area contributed by atoms with Crippen molar-refractivity contribution in [2.45, 2.75) is 40.2 Å². The normalized spacial score (nSPS) is 15.1. The fraction of sp³-hybridized carbons (Fsp3) is 0.421. The molecule has 152 valence electrons. The molecule has 1 heterocycles. The van der Waals surface area contributed by atoms with E-state index in [4.69, 9.17) is 28.0 Å². The minimum absolute atomic E-state index is 0.0249. The second-order valence-electron chi connectivity index (χ2n) is 6.55. The molecule has 1 aliphatic heterocycles. The van der Waals surface area contributed by atoms with Gasteiger partial charge in [-0.3, -0.25) is 19.2 Å². The van der Waals surface area contributed by atoms with Crippen molar-refractivity contribution in [2.24, 2.45) is 0 Å². The molecular formula is C19H23Cl2N3O4. The first kappa shape index (κ1) is 22.2. The predicted molar refractivity (Wildman–Crippen MR) is 109 cm³/mol. The average Bonchev–Trinajstić information content (AvgIpc) is 2.93. The van der Waals surface area contributed by atoms with Crippen molar-refractivity contribution in [3.05, 3.63) is 33.3 Å². The molecule has 0 saturated carbocycles. The number of benzene rings is 1. The van der Waals surface area contributed by atoms with Gasteiger partial charge in [0.15, 0.2) is 0 Å². The molecule has 0 spiro atoms. The monoisotopic (exact) mass is 427 g/mol. The van der Waals surface area contributed by atoms with Gasteiger partial charge in [0.1, 0.15) is 6.04 Å². The van der Waals surface area contributed by atoms with Gasteiger partial charge in [0, 0.05) is 12.1 Å². The Morgan fingerprint density at radius 2 is 1.93 bits per heavy atom. The van der Waals surface area contributed by atoms with Gasteiger partial charge in [-0.05, 0) is 39.8 Å². The van der Waals surface area contributed by atoms with Crippen LogP contribution in [-0.2, 0) is 19.2 Å². The van der Waals surface area contributed by atoms with Gasteiger partial charge in [0.25, 0.3) is 11.8 Å². The Morgan fingerprint density at radius 1 is 1.29 bits per heavy atom. The fourth-order valence-corrected chi connectivity index (χ4v) is 3.42. The van der Waals surface area contributed by atoms with Crippen molar-refractivity contribution in [1.29, 1.82) is 0 Å². The Labute approximate surface area is 174 Å². The quantitative estimate of drug-likeness (QED) is 0.424. The maximum absolute atomic E-state index is 12.7. The van der Waals surface area contributed by atoms with E-state index < -0.39 is 11.9 Å². The van der Waals surface area contributed by atoms with Crippen LogP contribution in [0.15, 0.2) is 23.3 Å². The molecule has 0 radical (unpaired) electrons. The molecule has 2 rings (SSSR count). The first-order valence-electron chi connectivity index (χ1n) is 8.77. The number of hydrogen-bond acceptors (Lipinski definition) is 5. The number of halogens is 2. The molecule has 0 aliphatic carbocycles. The molecule has 1 aliphatic rings. The van der Waals surface area contributed by atoms with E-state index in [0.717, 1.165) is 10.5 Å². The third-order valence-corrected chi connectivity index (χ3v) is 5.03. The highest BCUT2D eigenvalue weighted by Crippen LogP contribution is 2.38. The lowest BCUT2D eigenvalue weighted by Crippen LogP contribution is -2.40. The van der Waals surface area contributed by atoms with Gasteiger partial charge in [-0.1, -0.05) is 28.8 Å². The summed E-state index contributed by atoms with van der Waals surface area (Å²) in [6, 6.07) is 2.28. The van der Waals surface area contributed by atoms with Crippen molar-refractivity contribution in [3.63, 3.8) is 0 Å². The van der Waals surface area contributed by atoms with Crippen LogP contribution in [0.1, 0.15) is 34.1 Å². The van der Waals surface area contributed by atoms with Crippen molar-refractivity contribution in [3.8, 4) is 0 Å². The number of allylic oxidation sites excluding steroid dienone is 1. The second-order valence-corrected chi connectivity index (χ2v) is 7.37. The van der Waals surface area contributed by atoms with Crippen molar-refractivity contribution < 1.29 is 19.2 Å². The highest BCUT2D eigenvalue weighted by molar-refractivity contribution is 6.40. The predicted octanol–water partition coefficient (Wildman–Crippen LogP) is 3.80. The summed E-state index contributed by atoms with van der Waals surface area (Å²) in [5, 5.41) is 4.62. The van der Waals surface area contributed by atoms with E-state index in [1.54, 1.807) is 27.7 Å².